The van der Waals surface area contributed by atoms with Crippen molar-refractivity contribution in [3.8, 4) is 5.82 Å². The van der Waals surface area contributed by atoms with Gasteiger partial charge in [-0.05, 0) is 24.1 Å². The van der Waals surface area contributed by atoms with Gasteiger partial charge in [0.2, 0.25) is 0 Å². The summed E-state index contributed by atoms with van der Waals surface area (Å²) in [4.78, 5) is 0. The Morgan fingerprint density at radius 1 is 1.43 bits per heavy atom. The Kier molecular flexibility index (Phi) is 2.24. The molecule has 0 radical (unpaired) electrons. The second-order valence-corrected chi connectivity index (χ2v) is 3.09. The Hall–Kier alpha value is -1.75. The highest BCUT2D eigenvalue weighted by Crippen LogP contribution is 2.05. The van der Waals surface area contributed by atoms with Crippen LogP contribution in [0.3, 0.4) is 0 Å². The lowest BCUT2D eigenvalue weighted by Gasteiger charge is -2.00. The van der Waals surface area contributed by atoms with Crippen LogP contribution in [0, 0.1) is 6.92 Å². The normalized spacial score (nSPS) is 10.4. The molecule has 2 rings (SSSR count). The highest BCUT2D eigenvalue weighted by Gasteiger charge is 2.00. The van der Waals surface area contributed by atoms with E-state index < -0.39 is 0 Å². The van der Waals surface area contributed by atoms with Crippen molar-refractivity contribution in [3.05, 3.63) is 35.8 Å². The molecule has 0 aliphatic rings. The highest BCUT2D eigenvalue weighted by atomic mass is 15.3. The van der Waals surface area contributed by atoms with E-state index in [-0.39, 0.29) is 0 Å². The number of rotatable bonds is 2. The van der Waals surface area contributed by atoms with E-state index >= 15 is 0 Å². The second-order valence-electron chi connectivity index (χ2n) is 3.09. The molecule has 2 heterocycles. The van der Waals surface area contributed by atoms with E-state index in [1.165, 1.54) is 0 Å². The summed E-state index contributed by atoms with van der Waals surface area (Å²) in [6.07, 6.45) is 5.32. The first-order chi connectivity index (χ1) is 6.79. The van der Waals surface area contributed by atoms with Crippen LogP contribution >= 0.6 is 0 Å². The molecule has 14 heavy (non-hydrogen) atoms. The average Bonchev–Trinajstić information content (AvgIpc) is 2.65. The van der Waals surface area contributed by atoms with Crippen LogP contribution in [-0.2, 0) is 6.54 Å². The summed E-state index contributed by atoms with van der Waals surface area (Å²) < 4.78 is 1.68. The molecule has 5 heteroatoms. The van der Waals surface area contributed by atoms with Gasteiger partial charge in [-0.3, -0.25) is 0 Å². The second kappa shape index (κ2) is 3.55. The van der Waals surface area contributed by atoms with Gasteiger partial charge in [-0.1, -0.05) is 0 Å². The zero-order valence-corrected chi connectivity index (χ0v) is 7.88. The first-order valence-electron chi connectivity index (χ1n) is 4.33. The number of aromatic nitrogens is 4. The molecule has 5 nitrogen and oxygen atoms in total. The molecule has 0 spiro atoms. The van der Waals surface area contributed by atoms with E-state index in [0.29, 0.717) is 12.4 Å². The predicted molar refractivity (Wildman–Crippen MR) is 51.8 cm³/mol. The lowest BCUT2D eigenvalue weighted by atomic mass is 10.3. The van der Waals surface area contributed by atoms with Crippen LogP contribution < -0.4 is 5.73 Å². The summed E-state index contributed by atoms with van der Waals surface area (Å²) in [6, 6.07) is 1.87. The zero-order valence-electron chi connectivity index (χ0n) is 7.88. The van der Waals surface area contributed by atoms with Gasteiger partial charge in [0.1, 0.15) is 0 Å². The van der Waals surface area contributed by atoms with Crippen molar-refractivity contribution in [1.82, 2.24) is 20.0 Å². The lowest BCUT2D eigenvalue weighted by molar-refractivity contribution is 0.804. The lowest BCUT2D eigenvalue weighted by Crippen LogP contribution is -2.03. The van der Waals surface area contributed by atoms with Gasteiger partial charge in [0.15, 0.2) is 5.82 Å². The predicted octanol–water partition coefficient (Wildman–Crippen LogP) is 0.429. The number of nitrogens with zero attached hydrogens (tertiary/aromatic N) is 4. The summed E-state index contributed by atoms with van der Waals surface area (Å²) in [5.41, 5.74) is 7.54. The van der Waals surface area contributed by atoms with E-state index in [9.17, 15) is 0 Å². The molecular formula is C9H11N5. The van der Waals surface area contributed by atoms with Gasteiger partial charge < -0.3 is 5.73 Å². The van der Waals surface area contributed by atoms with Crippen LogP contribution in [0.5, 0.6) is 0 Å². The standard InChI is InChI=1S/C9H11N5/c1-7-4-12-14(6-7)9-2-8(3-10)5-11-13-9/h2,4-6H,3,10H2,1H3. The van der Waals surface area contributed by atoms with Gasteiger partial charge in [0, 0.05) is 12.7 Å². The van der Waals surface area contributed by atoms with Gasteiger partial charge in [-0.2, -0.15) is 10.2 Å². The Morgan fingerprint density at radius 2 is 2.29 bits per heavy atom. The molecule has 72 valence electrons. The van der Waals surface area contributed by atoms with Crippen LogP contribution in [-0.4, -0.2) is 20.0 Å². The van der Waals surface area contributed by atoms with Crippen LogP contribution in [0.2, 0.25) is 0 Å². The third-order valence-corrected chi connectivity index (χ3v) is 1.88. The van der Waals surface area contributed by atoms with E-state index in [0.717, 1.165) is 11.1 Å². The molecule has 0 saturated carbocycles. The fourth-order valence-corrected chi connectivity index (χ4v) is 1.16. The molecule has 0 amide bonds. The minimum Gasteiger partial charge on any atom is -0.326 e. The molecular weight excluding hydrogens is 178 g/mol. The van der Waals surface area contributed by atoms with Crippen molar-refractivity contribution in [2.45, 2.75) is 13.5 Å². The maximum atomic E-state index is 5.50. The molecule has 0 aliphatic heterocycles. The SMILES string of the molecule is Cc1cnn(-c2cc(CN)cnn2)c1. The van der Waals surface area contributed by atoms with Gasteiger partial charge in [0.05, 0.1) is 12.4 Å². The van der Waals surface area contributed by atoms with Crippen LogP contribution in [0.25, 0.3) is 5.82 Å². The van der Waals surface area contributed by atoms with Gasteiger partial charge in [-0.25, -0.2) is 4.68 Å². The van der Waals surface area contributed by atoms with Crippen molar-refractivity contribution in [3.63, 3.8) is 0 Å². The molecule has 0 unspecified atom stereocenters. The van der Waals surface area contributed by atoms with Gasteiger partial charge in [-0.15, -0.1) is 5.10 Å². The molecule has 2 N–H and O–H groups in total. The smallest absolute Gasteiger partial charge is 0.175 e. The fraction of sp³-hybridized carbons (Fsp3) is 0.222. The number of nitrogens with two attached hydrogens (primary N) is 1. The molecule has 0 fully saturated rings. The van der Waals surface area contributed by atoms with Crippen LogP contribution in [0.4, 0.5) is 0 Å². The minimum atomic E-state index is 0.461. The van der Waals surface area contributed by atoms with Crippen LogP contribution in [0.15, 0.2) is 24.7 Å². The van der Waals surface area contributed by atoms with Crippen molar-refractivity contribution in [2.24, 2.45) is 5.73 Å². The first-order valence-corrected chi connectivity index (χ1v) is 4.33. The minimum absolute atomic E-state index is 0.461. The Bertz CT molecular complexity index is 434. The quantitative estimate of drug-likeness (QED) is 0.743. The summed E-state index contributed by atoms with van der Waals surface area (Å²) >= 11 is 0. The molecule has 0 bridgehead atoms. The molecule has 2 aromatic heterocycles. The molecule has 0 aromatic carbocycles. The largest absolute Gasteiger partial charge is 0.326 e. The number of hydrogen-bond donors (Lipinski definition) is 1. The number of aryl methyl sites for hydroxylation is 1. The molecule has 0 atom stereocenters. The summed E-state index contributed by atoms with van der Waals surface area (Å²) in [5, 5.41) is 12.0. The third-order valence-electron chi connectivity index (χ3n) is 1.88. The Balaban J connectivity index is 2.41. The third kappa shape index (κ3) is 1.62. The molecule has 0 aliphatic carbocycles. The van der Waals surface area contributed by atoms with E-state index in [4.69, 9.17) is 5.73 Å². The van der Waals surface area contributed by atoms with Gasteiger partial charge in [0.25, 0.3) is 0 Å². The summed E-state index contributed by atoms with van der Waals surface area (Å²) in [6.45, 7) is 2.44. The summed E-state index contributed by atoms with van der Waals surface area (Å²) in [5.74, 6) is 0.695. The van der Waals surface area contributed by atoms with E-state index in [2.05, 4.69) is 15.3 Å². The topological polar surface area (TPSA) is 69.6 Å². The van der Waals surface area contributed by atoms with Crippen molar-refractivity contribution >= 4 is 0 Å². The van der Waals surface area contributed by atoms with Crippen molar-refractivity contribution < 1.29 is 0 Å². The molecule has 2 aromatic rings. The highest BCUT2D eigenvalue weighted by molar-refractivity contribution is 5.25. The van der Waals surface area contributed by atoms with Crippen molar-refractivity contribution in [2.75, 3.05) is 0 Å². The monoisotopic (exact) mass is 189 g/mol. The summed E-state index contributed by atoms with van der Waals surface area (Å²) in [7, 11) is 0. The van der Waals surface area contributed by atoms with E-state index in [1.807, 2.05) is 19.2 Å². The van der Waals surface area contributed by atoms with Gasteiger partial charge >= 0.3 is 0 Å². The average molecular weight is 189 g/mol. The Morgan fingerprint density at radius 3 is 2.93 bits per heavy atom. The zero-order chi connectivity index (χ0) is 9.97. The van der Waals surface area contributed by atoms with E-state index in [1.54, 1.807) is 17.1 Å². The van der Waals surface area contributed by atoms with Crippen LogP contribution in [0.1, 0.15) is 11.1 Å². The maximum absolute atomic E-state index is 5.50. The maximum Gasteiger partial charge on any atom is 0.175 e. The molecule has 0 saturated heterocycles. The van der Waals surface area contributed by atoms with Crippen molar-refractivity contribution in [1.29, 1.82) is 0 Å². The Labute approximate surface area is 81.6 Å². The number of hydrogen-bond acceptors (Lipinski definition) is 4. The first kappa shape index (κ1) is 8.83. The fourth-order valence-electron chi connectivity index (χ4n) is 1.16.